The molecule has 8 heteroatoms. The van der Waals surface area contributed by atoms with E-state index in [0.29, 0.717) is 13.0 Å². The van der Waals surface area contributed by atoms with E-state index in [1.54, 1.807) is 31.3 Å². The Hall–Kier alpha value is -2.71. The van der Waals surface area contributed by atoms with Gasteiger partial charge in [-0.3, -0.25) is 9.59 Å². The summed E-state index contributed by atoms with van der Waals surface area (Å²) < 4.78 is 22.4. The quantitative estimate of drug-likeness (QED) is 0.705. The fourth-order valence-corrected chi connectivity index (χ4v) is 2.82. The van der Waals surface area contributed by atoms with Gasteiger partial charge >= 0.3 is 0 Å². The third-order valence-corrected chi connectivity index (χ3v) is 4.75. The van der Waals surface area contributed by atoms with Crippen molar-refractivity contribution in [2.24, 2.45) is 5.14 Å². The fourth-order valence-electron chi connectivity index (χ4n) is 2.31. The molecule has 0 heterocycles. The van der Waals surface area contributed by atoms with Gasteiger partial charge < -0.3 is 10.2 Å². The number of para-hydroxylation sites is 1. The van der Waals surface area contributed by atoms with E-state index in [4.69, 9.17) is 5.14 Å². The van der Waals surface area contributed by atoms with Crippen LogP contribution in [0.4, 0.5) is 5.69 Å². The maximum atomic E-state index is 12.1. The second-order valence-corrected chi connectivity index (χ2v) is 7.32. The maximum absolute atomic E-state index is 12.1. The predicted molar refractivity (Wildman–Crippen MR) is 99.0 cm³/mol. The van der Waals surface area contributed by atoms with E-state index >= 15 is 0 Å². The summed E-state index contributed by atoms with van der Waals surface area (Å²) in [5, 5.41) is 7.72. The van der Waals surface area contributed by atoms with Crippen molar-refractivity contribution in [3.05, 3.63) is 60.2 Å². The van der Waals surface area contributed by atoms with Crippen molar-refractivity contribution < 1.29 is 18.0 Å². The summed E-state index contributed by atoms with van der Waals surface area (Å²) in [4.78, 5) is 25.5. The van der Waals surface area contributed by atoms with Gasteiger partial charge in [-0.25, -0.2) is 13.6 Å². The summed E-state index contributed by atoms with van der Waals surface area (Å²) in [5.41, 5.74) is 1.57. The standard InChI is InChI=1S/C18H21N3O4S/c1-21(15-5-3-2-4-6-15)18(23)13-17(22)20-12-11-14-7-9-16(10-8-14)26(19,24)25/h2-10H,11-13H2,1H3,(H,20,22)(H2,19,24,25). The first-order valence-electron chi connectivity index (χ1n) is 7.97. The predicted octanol–water partition coefficient (Wildman–Crippen LogP) is 1.05. The topological polar surface area (TPSA) is 110 Å². The van der Waals surface area contributed by atoms with Gasteiger partial charge in [-0.05, 0) is 36.2 Å². The van der Waals surface area contributed by atoms with Gasteiger partial charge in [0.1, 0.15) is 6.42 Å². The van der Waals surface area contributed by atoms with Crippen molar-refractivity contribution >= 4 is 27.5 Å². The number of benzene rings is 2. The zero-order chi connectivity index (χ0) is 19.2. The molecule has 0 aliphatic heterocycles. The van der Waals surface area contributed by atoms with Crippen LogP contribution in [0.25, 0.3) is 0 Å². The molecule has 0 spiro atoms. The molecule has 0 fully saturated rings. The van der Waals surface area contributed by atoms with Gasteiger partial charge in [-0.2, -0.15) is 0 Å². The summed E-state index contributed by atoms with van der Waals surface area (Å²) in [5.74, 6) is -0.662. The normalized spacial score (nSPS) is 11.0. The van der Waals surface area contributed by atoms with Gasteiger partial charge in [0.2, 0.25) is 21.8 Å². The number of nitrogens with zero attached hydrogens (tertiary/aromatic N) is 1. The Labute approximate surface area is 152 Å². The highest BCUT2D eigenvalue weighted by atomic mass is 32.2. The van der Waals surface area contributed by atoms with Crippen LogP contribution >= 0.6 is 0 Å². The number of primary sulfonamides is 1. The SMILES string of the molecule is CN(C(=O)CC(=O)NCCc1ccc(S(N)(=O)=O)cc1)c1ccccc1. The van der Waals surface area contributed by atoms with Crippen LogP contribution in [0.5, 0.6) is 0 Å². The lowest BCUT2D eigenvalue weighted by atomic mass is 10.1. The van der Waals surface area contributed by atoms with Crippen LogP contribution in [-0.4, -0.2) is 33.8 Å². The maximum Gasteiger partial charge on any atom is 0.238 e. The molecule has 0 aromatic heterocycles. The summed E-state index contributed by atoms with van der Waals surface area (Å²) in [7, 11) is -2.09. The van der Waals surface area contributed by atoms with Crippen LogP contribution in [0.15, 0.2) is 59.5 Å². The average molecular weight is 375 g/mol. The molecular weight excluding hydrogens is 354 g/mol. The molecule has 0 saturated carbocycles. The molecule has 0 unspecified atom stereocenters. The van der Waals surface area contributed by atoms with Crippen molar-refractivity contribution in [2.45, 2.75) is 17.7 Å². The van der Waals surface area contributed by atoms with Crippen molar-refractivity contribution in [1.29, 1.82) is 0 Å². The monoisotopic (exact) mass is 375 g/mol. The molecule has 3 N–H and O–H groups in total. The molecule has 2 aromatic rings. The molecule has 0 radical (unpaired) electrons. The van der Waals surface area contributed by atoms with Gasteiger partial charge in [-0.15, -0.1) is 0 Å². The van der Waals surface area contributed by atoms with Crippen molar-refractivity contribution in [3.8, 4) is 0 Å². The lowest BCUT2D eigenvalue weighted by Crippen LogP contribution is -2.34. The van der Waals surface area contributed by atoms with E-state index in [1.165, 1.54) is 17.0 Å². The highest BCUT2D eigenvalue weighted by Crippen LogP contribution is 2.12. The van der Waals surface area contributed by atoms with E-state index in [-0.39, 0.29) is 23.1 Å². The van der Waals surface area contributed by atoms with Crippen LogP contribution in [0.1, 0.15) is 12.0 Å². The lowest BCUT2D eigenvalue weighted by molar-refractivity contribution is -0.127. The molecule has 7 nitrogen and oxygen atoms in total. The molecular formula is C18H21N3O4S. The van der Waals surface area contributed by atoms with Crippen molar-refractivity contribution in [1.82, 2.24) is 5.32 Å². The zero-order valence-electron chi connectivity index (χ0n) is 14.4. The second-order valence-electron chi connectivity index (χ2n) is 5.75. The third kappa shape index (κ3) is 5.68. The Kier molecular flexibility index (Phi) is 6.48. The number of hydrogen-bond acceptors (Lipinski definition) is 4. The molecule has 2 amide bonds. The minimum Gasteiger partial charge on any atom is -0.355 e. The van der Waals surface area contributed by atoms with Crippen molar-refractivity contribution in [2.75, 3.05) is 18.5 Å². The first-order chi connectivity index (χ1) is 12.3. The first-order valence-corrected chi connectivity index (χ1v) is 9.52. The number of rotatable bonds is 7. The van der Waals surface area contributed by atoms with Gasteiger partial charge in [0, 0.05) is 19.3 Å². The fraction of sp³-hybridized carbons (Fsp3) is 0.222. The molecule has 138 valence electrons. The van der Waals surface area contributed by atoms with Crippen LogP contribution < -0.4 is 15.4 Å². The highest BCUT2D eigenvalue weighted by molar-refractivity contribution is 7.89. The van der Waals surface area contributed by atoms with E-state index in [2.05, 4.69) is 5.32 Å². The Morgan fingerprint density at radius 3 is 2.23 bits per heavy atom. The van der Waals surface area contributed by atoms with E-state index in [0.717, 1.165) is 11.3 Å². The molecule has 0 aliphatic rings. The number of nitrogens with two attached hydrogens (primary N) is 1. The molecule has 2 aromatic carbocycles. The molecule has 0 saturated heterocycles. The number of amides is 2. The summed E-state index contributed by atoms with van der Waals surface area (Å²) in [6.07, 6.45) is 0.273. The molecule has 2 rings (SSSR count). The zero-order valence-corrected chi connectivity index (χ0v) is 15.2. The highest BCUT2D eigenvalue weighted by Gasteiger charge is 2.15. The first kappa shape index (κ1) is 19.6. The average Bonchev–Trinajstić information content (AvgIpc) is 2.61. The molecule has 26 heavy (non-hydrogen) atoms. The molecule has 0 atom stereocenters. The minimum atomic E-state index is -3.71. The van der Waals surface area contributed by atoms with Crippen LogP contribution in [-0.2, 0) is 26.0 Å². The lowest BCUT2D eigenvalue weighted by Gasteiger charge is -2.17. The van der Waals surface area contributed by atoms with Crippen molar-refractivity contribution in [3.63, 3.8) is 0 Å². The Morgan fingerprint density at radius 1 is 1.04 bits per heavy atom. The number of anilines is 1. The summed E-state index contributed by atoms with van der Waals surface area (Å²) in [6.45, 7) is 0.343. The second kappa shape index (κ2) is 8.59. The number of nitrogens with one attached hydrogen (secondary N) is 1. The Morgan fingerprint density at radius 2 is 1.65 bits per heavy atom. The van der Waals surface area contributed by atoms with Gasteiger partial charge in [0.15, 0.2) is 0 Å². The molecule has 0 aliphatic carbocycles. The van der Waals surface area contributed by atoms with Gasteiger partial charge in [-0.1, -0.05) is 30.3 Å². The largest absolute Gasteiger partial charge is 0.355 e. The summed E-state index contributed by atoms with van der Waals surface area (Å²) in [6, 6.07) is 15.2. The Bertz CT molecular complexity index is 865. The van der Waals surface area contributed by atoms with Crippen LogP contribution in [0, 0.1) is 0 Å². The number of carbonyl (C=O) groups is 2. The summed E-state index contributed by atoms with van der Waals surface area (Å²) >= 11 is 0. The van der Waals surface area contributed by atoms with Gasteiger partial charge in [0.25, 0.3) is 0 Å². The van der Waals surface area contributed by atoms with E-state index in [9.17, 15) is 18.0 Å². The Balaban J connectivity index is 1.79. The van der Waals surface area contributed by atoms with E-state index < -0.39 is 10.0 Å². The third-order valence-electron chi connectivity index (χ3n) is 3.82. The van der Waals surface area contributed by atoms with Crippen LogP contribution in [0.2, 0.25) is 0 Å². The number of hydrogen-bond donors (Lipinski definition) is 2. The van der Waals surface area contributed by atoms with Gasteiger partial charge in [0.05, 0.1) is 4.90 Å². The number of sulfonamides is 1. The minimum absolute atomic E-state index is 0.0415. The van der Waals surface area contributed by atoms with E-state index in [1.807, 2.05) is 18.2 Å². The van der Waals surface area contributed by atoms with Crippen LogP contribution in [0.3, 0.4) is 0 Å². The number of carbonyl (C=O) groups excluding carboxylic acids is 2. The smallest absolute Gasteiger partial charge is 0.238 e. The molecule has 0 bridgehead atoms.